The van der Waals surface area contributed by atoms with Crippen LogP contribution in [0.4, 0.5) is 0 Å². The van der Waals surface area contributed by atoms with Crippen molar-refractivity contribution < 1.29 is 19.1 Å². The third-order valence-corrected chi connectivity index (χ3v) is 3.62. The van der Waals surface area contributed by atoms with E-state index in [1.54, 1.807) is 24.3 Å². The van der Waals surface area contributed by atoms with Crippen LogP contribution in [0.3, 0.4) is 0 Å². The van der Waals surface area contributed by atoms with Crippen LogP contribution in [0.15, 0.2) is 24.3 Å². The molecule has 1 amide bonds. The van der Waals surface area contributed by atoms with Gasteiger partial charge in [-0.15, -0.1) is 0 Å². The zero-order valence-electron chi connectivity index (χ0n) is 13.0. The molecule has 0 radical (unpaired) electrons. The van der Waals surface area contributed by atoms with E-state index in [9.17, 15) is 9.59 Å². The highest BCUT2D eigenvalue weighted by molar-refractivity contribution is 5.98. The van der Waals surface area contributed by atoms with Crippen LogP contribution in [-0.2, 0) is 9.53 Å². The van der Waals surface area contributed by atoms with Gasteiger partial charge >= 0.3 is 0 Å². The minimum absolute atomic E-state index is 0.0321. The fraction of sp³-hybridized carbons (Fsp3) is 0.529. The second kappa shape index (κ2) is 8.54. The van der Waals surface area contributed by atoms with E-state index in [-0.39, 0.29) is 30.6 Å². The number of ether oxygens (including phenoxy) is 2. The average molecular weight is 305 g/mol. The van der Waals surface area contributed by atoms with Crippen molar-refractivity contribution >= 4 is 11.7 Å². The van der Waals surface area contributed by atoms with Crippen LogP contribution in [0.25, 0.3) is 0 Å². The van der Waals surface area contributed by atoms with Crippen LogP contribution in [0.5, 0.6) is 5.75 Å². The maximum absolute atomic E-state index is 12.0. The average Bonchev–Trinajstić information content (AvgIpc) is 3.05. The Morgan fingerprint density at radius 3 is 2.68 bits per heavy atom. The molecule has 0 unspecified atom stereocenters. The van der Waals surface area contributed by atoms with E-state index in [0.29, 0.717) is 18.7 Å². The molecule has 1 heterocycles. The standard InChI is InChI=1S/C17H23NO4/c1-2-21-14-7-5-13(6-8-14)16(19)9-10-17(20)18-12-15-4-3-11-22-15/h5-8,15H,2-4,9-12H2,1H3,(H,18,20)/t15-/m1/s1. The topological polar surface area (TPSA) is 64.6 Å². The molecule has 1 atom stereocenters. The van der Waals surface area contributed by atoms with Crippen molar-refractivity contribution in [1.29, 1.82) is 0 Å². The van der Waals surface area contributed by atoms with Crippen molar-refractivity contribution in [2.24, 2.45) is 0 Å². The maximum Gasteiger partial charge on any atom is 0.220 e. The first-order chi connectivity index (χ1) is 10.7. The number of Topliss-reactive ketones (excluding diaryl/α,β-unsaturated/α-hetero) is 1. The Labute approximate surface area is 131 Å². The minimum atomic E-state index is -0.102. The monoisotopic (exact) mass is 305 g/mol. The summed E-state index contributed by atoms with van der Waals surface area (Å²) in [4.78, 5) is 23.8. The lowest BCUT2D eigenvalue weighted by Crippen LogP contribution is -2.31. The summed E-state index contributed by atoms with van der Waals surface area (Å²) in [5.41, 5.74) is 0.607. The number of hydrogen-bond acceptors (Lipinski definition) is 4. The third kappa shape index (κ3) is 5.15. The number of carbonyl (C=O) groups excluding carboxylic acids is 2. The van der Waals surface area contributed by atoms with Crippen molar-refractivity contribution in [3.63, 3.8) is 0 Å². The van der Waals surface area contributed by atoms with E-state index in [4.69, 9.17) is 9.47 Å². The predicted molar refractivity (Wildman–Crippen MR) is 83.2 cm³/mol. The first-order valence-corrected chi connectivity index (χ1v) is 7.83. The summed E-state index contributed by atoms with van der Waals surface area (Å²) >= 11 is 0. The first-order valence-electron chi connectivity index (χ1n) is 7.83. The fourth-order valence-electron chi connectivity index (χ4n) is 2.40. The summed E-state index contributed by atoms with van der Waals surface area (Å²) in [5, 5.41) is 2.82. The SMILES string of the molecule is CCOc1ccc(C(=O)CCC(=O)NC[C@H]2CCCO2)cc1. The largest absolute Gasteiger partial charge is 0.494 e. The van der Waals surface area contributed by atoms with Gasteiger partial charge in [0.1, 0.15) is 5.75 Å². The molecule has 1 saturated heterocycles. The maximum atomic E-state index is 12.0. The van der Waals surface area contributed by atoms with Gasteiger partial charge < -0.3 is 14.8 Å². The normalized spacial score (nSPS) is 17.2. The van der Waals surface area contributed by atoms with Gasteiger partial charge in [0.05, 0.1) is 12.7 Å². The Morgan fingerprint density at radius 1 is 1.27 bits per heavy atom. The third-order valence-electron chi connectivity index (χ3n) is 3.62. The van der Waals surface area contributed by atoms with E-state index >= 15 is 0 Å². The molecule has 1 aromatic rings. The van der Waals surface area contributed by atoms with Crippen LogP contribution in [0, 0.1) is 0 Å². The number of rotatable bonds is 8. The summed E-state index contributed by atoms with van der Waals surface area (Å²) in [7, 11) is 0. The quantitative estimate of drug-likeness (QED) is 0.749. The van der Waals surface area contributed by atoms with Crippen LogP contribution in [-0.4, -0.2) is 37.6 Å². The number of amides is 1. The smallest absolute Gasteiger partial charge is 0.220 e. The number of ketones is 1. The van der Waals surface area contributed by atoms with Gasteiger partial charge in [-0.1, -0.05) is 0 Å². The highest BCUT2D eigenvalue weighted by atomic mass is 16.5. The minimum Gasteiger partial charge on any atom is -0.494 e. The second-order valence-corrected chi connectivity index (χ2v) is 5.32. The molecule has 0 aromatic heterocycles. The Bertz CT molecular complexity index is 492. The Balaban J connectivity index is 1.70. The molecule has 0 spiro atoms. The summed E-state index contributed by atoms with van der Waals surface area (Å²) < 4.78 is 10.8. The van der Waals surface area contributed by atoms with Crippen LogP contribution < -0.4 is 10.1 Å². The Morgan fingerprint density at radius 2 is 2.05 bits per heavy atom. The molecule has 0 saturated carbocycles. The van der Waals surface area contributed by atoms with Gasteiger partial charge in [-0.3, -0.25) is 9.59 Å². The van der Waals surface area contributed by atoms with Crippen molar-refractivity contribution in [1.82, 2.24) is 5.32 Å². The molecule has 0 bridgehead atoms. The van der Waals surface area contributed by atoms with E-state index in [1.807, 2.05) is 6.92 Å². The lowest BCUT2D eigenvalue weighted by atomic mass is 10.1. The van der Waals surface area contributed by atoms with Crippen molar-refractivity contribution in [3.8, 4) is 5.75 Å². The van der Waals surface area contributed by atoms with E-state index in [1.165, 1.54) is 0 Å². The van der Waals surface area contributed by atoms with Gasteiger partial charge in [0.2, 0.25) is 5.91 Å². The molecule has 1 fully saturated rings. The molecule has 2 rings (SSSR count). The van der Waals surface area contributed by atoms with E-state index < -0.39 is 0 Å². The van der Waals surface area contributed by atoms with E-state index in [2.05, 4.69) is 5.32 Å². The molecular weight excluding hydrogens is 282 g/mol. The molecule has 5 heteroatoms. The predicted octanol–water partition coefficient (Wildman–Crippen LogP) is 2.34. The molecule has 1 aliphatic heterocycles. The van der Waals surface area contributed by atoms with Crippen LogP contribution in [0.1, 0.15) is 43.0 Å². The van der Waals surface area contributed by atoms with Gasteiger partial charge in [0, 0.05) is 31.6 Å². The zero-order valence-corrected chi connectivity index (χ0v) is 13.0. The lowest BCUT2D eigenvalue weighted by Gasteiger charge is -2.10. The summed E-state index contributed by atoms with van der Waals surface area (Å²) in [6.45, 7) is 3.82. The Hall–Kier alpha value is -1.88. The molecule has 120 valence electrons. The lowest BCUT2D eigenvalue weighted by molar-refractivity contribution is -0.121. The van der Waals surface area contributed by atoms with Crippen LogP contribution in [0.2, 0.25) is 0 Å². The van der Waals surface area contributed by atoms with Gasteiger partial charge in [-0.25, -0.2) is 0 Å². The molecular formula is C17H23NO4. The molecule has 1 N–H and O–H groups in total. The number of hydrogen-bond donors (Lipinski definition) is 1. The fourth-order valence-corrected chi connectivity index (χ4v) is 2.40. The van der Waals surface area contributed by atoms with Gasteiger partial charge in [0.25, 0.3) is 0 Å². The molecule has 5 nitrogen and oxygen atoms in total. The van der Waals surface area contributed by atoms with Gasteiger partial charge in [-0.2, -0.15) is 0 Å². The molecule has 22 heavy (non-hydrogen) atoms. The highest BCUT2D eigenvalue weighted by Gasteiger charge is 2.16. The van der Waals surface area contributed by atoms with Crippen molar-refractivity contribution in [2.45, 2.75) is 38.7 Å². The highest BCUT2D eigenvalue weighted by Crippen LogP contribution is 2.14. The summed E-state index contributed by atoms with van der Waals surface area (Å²) in [5.74, 6) is 0.610. The van der Waals surface area contributed by atoms with Crippen molar-refractivity contribution in [2.75, 3.05) is 19.8 Å². The number of nitrogens with one attached hydrogen (secondary N) is 1. The zero-order chi connectivity index (χ0) is 15.8. The van der Waals surface area contributed by atoms with E-state index in [0.717, 1.165) is 25.2 Å². The van der Waals surface area contributed by atoms with Gasteiger partial charge in [0.15, 0.2) is 5.78 Å². The number of benzene rings is 1. The number of carbonyl (C=O) groups is 2. The Kier molecular flexibility index (Phi) is 6.40. The first kappa shape index (κ1) is 16.5. The van der Waals surface area contributed by atoms with Gasteiger partial charge in [-0.05, 0) is 44.0 Å². The molecule has 0 aliphatic carbocycles. The molecule has 1 aromatic carbocycles. The second-order valence-electron chi connectivity index (χ2n) is 5.32. The van der Waals surface area contributed by atoms with Crippen molar-refractivity contribution in [3.05, 3.63) is 29.8 Å². The summed E-state index contributed by atoms with van der Waals surface area (Å²) in [6.07, 6.45) is 2.59. The van der Waals surface area contributed by atoms with Crippen LogP contribution >= 0.6 is 0 Å². The molecule has 1 aliphatic rings. The summed E-state index contributed by atoms with van der Waals surface area (Å²) in [6, 6.07) is 7.01.